The van der Waals surface area contributed by atoms with Crippen LogP contribution >= 0.6 is 35.6 Å². The van der Waals surface area contributed by atoms with Crippen molar-refractivity contribution >= 4 is 47.4 Å². The van der Waals surface area contributed by atoms with E-state index in [0.717, 1.165) is 6.42 Å². The highest BCUT2D eigenvalue weighted by molar-refractivity contribution is 14.0. The molecular formula is C15H22ClF2IN4O2. The topological polar surface area (TPSA) is 74.8 Å². The van der Waals surface area contributed by atoms with Crippen molar-refractivity contribution in [3.63, 3.8) is 0 Å². The molecule has 1 aromatic carbocycles. The van der Waals surface area contributed by atoms with Crippen LogP contribution in [-0.4, -0.2) is 38.6 Å². The Morgan fingerprint density at radius 3 is 2.64 bits per heavy atom. The minimum absolute atomic E-state index is 0. The molecule has 0 aliphatic heterocycles. The van der Waals surface area contributed by atoms with Crippen LogP contribution in [0.4, 0.5) is 8.78 Å². The van der Waals surface area contributed by atoms with Crippen molar-refractivity contribution in [3.8, 4) is 5.75 Å². The summed E-state index contributed by atoms with van der Waals surface area (Å²) in [6, 6.07) is 4.36. The molecule has 1 aromatic rings. The van der Waals surface area contributed by atoms with Crippen LogP contribution in [0.1, 0.15) is 18.9 Å². The minimum Gasteiger partial charge on any atom is -0.434 e. The van der Waals surface area contributed by atoms with E-state index in [2.05, 4.69) is 25.7 Å². The van der Waals surface area contributed by atoms with Crippen LogP contribution in [0.2, 0.25) is 5.02 Å². The fraction of sp³-hybridized carbons (Fsp3) is 0.467. The zero-order valence-electron chi connectivity index (χ0n) is 13.9. The summed E-state index contributed by atoms with van der Waals surface area (Å²) in [5.74, 6) is 0.215. The van der Waals surface area contributed by atoms with Gasteiger partial charge < -0.3 is 20.7 Å². The fourth-order valence-electron chi connectivity index (χ4n) is 1.79. The number of nitrogens with zero attached hydrogens (tertiary/aromatic N) is 1. The van der Waals surface area contributed by atoms with Gasteiger partial charge in [-0.2, -0.15) is 8.78 Å². The second-order valence-corrected chi connectivity index (χ2v) is 5.20. The summed E-state index contributed by atoms with van der Waals surface area (Å²) in [6.07, 6.45) is 0.848. The van der Waals surface area contributed by atoms with Gasteiger partial charge in [0, 0.05) is 30.7 Å². The van der Waals surface area contributed by atoms with E-state index in [1.54, 1.807) is 0 Å². The Labute approximate surface area is 167 Å². The molecule has 0 saturated carbocycles. The third kappa shape index (κ3) is 9.63. The van der Waals surface area contributed by atoms with Crippen LogP contribution in [0, 0.1) is 0 Å². The van der Waals surface area contributed by atoms with E-state index in [4.69, 9.17) is 11.6 Å². The molecular weight excluding hydrogens is 469 g/mol. The van der Waals surface area contributed by atoms with Crippen LogP contribution < -0.4 is 20.7 Å². The molecule has 0 bridgehead atoms. The van der Waals surface area contributed by atoms with Crippen molar-refractivity contribution in [1.29, 1.82) is 0 Å². The molecule has 0 atom stereocenters. The Morgan fingerprint density at radius 2 is 2.04 bits per heavy atom. The molecule has 142 valence electrons. The van der Waals surface area contributed by atoms with Gasteiger partial charge in [-0.15, -0.1) is 24.0 Å². The van der Waals surface area contributed by atoms with Gasteiger partial charge in [0.1, 0.15) is 5.75 Å². The van der Waals surface area contributed by atoms with Crippen molar-refractivity contribution in [2.75, 3.05) is 20.1 Å². The smallest absolute Gasteiger partial charge is 0.387 e. The van der Waals surface area contributed by atoms with E-state index in [0.29, 0.717) is 23.1 Å². The summed E-state index contributed by atoms with van der Waals surface area (Å²) in [5.41, 5.74) is 0.446. The lowest BCUT2D eigenvalue weighted by atomic mass is 10.2. The summed E-state index contributed by atoms with van der Waals surface area (Å²) in [5, 5.41) is 8.86. The van der Waals surface area contributed by atoms with Crippen molar-refractivity contribution in [1.82, 2.24) is 16.0 Å². The molecule has 0 aliphatic carbocycles. The normalized spacial score (nSPS) is 10.9. The Kier molecular flexibility index (Phi) is 12.2. The fourth-order valence-corrected chi connectivity index (χ4v) is 1.98. The predicted octanol–water partition coefficient (Wildman–Crippen LogP) is 2.75. The van der Waals surface area contributed by atoms with Gasteiger partial charge in [-0.3, -0.25) is 9.79 Å². The van der Waals surface area contributed by atoms with Crippen molar-refractivity contribution in [2.24, 2.45) is 4.99 Å². The number of guanidine groups is 1. The number of hydrogen-bond acceptors (Lipinski definition) is 3. The number of alkyl halides is 2. The molecule has 1 amide bonds. The Hall–Kier alpha value is -1.36. The third-order valence-corrected chi connectivity index (χ3v) is 3.13. The molecule has 25 heavy (non-hydrogen) atoms. The van der Waals surface area contributed by atoms with Gasteiger partial charge in [0.2, 0.25) is 5.91 Å². The van der Waals surface area contributed by atoms with Crippen LogP contribution in [0.5, 0.6) is 5.75 Å². The summed E-state index contributed by atoms with van der Waals surface area (Å²) >= 11 is 5.88. The second kappa shape index (κ2) is 12.9. The molecule has 0 saturated heterocycles. The van der Waals surface area contributed by atoms with E-state index < -0.39 is 6.61 Å². The third-order valence-electron chi connectivity index (χ3n) is 2.90. The molecule has 0 heterocycles. The zero-order chi connectivity index (χ0) is 17.9. The maximum Gasteiger partial charge on any atom is 0.387 e. The van der Waals surface area contributed by atoms with Crippen molar-refractivity contribution in [3.05, 3.63) is 28.8 Å². The lowest BCUT2D eigenvalue weighted by Crippen LogP contribution is -2.43. The highest BCUT2D eigenvalue weighted by Crippen LogP contribution is 2.24. The Morgan fingerprint density at radius 1 is 1.32 bits per heavy atom. The van der Waals surface area contributed by atoms with E-state index in [1.807, 2.05) is 6.92 Å². The van der Waals surface area contributed by atoms with Gasteiger partial charge in [-0.05, 0) is 24.6 Å². The first-order chi connectivity index (χ1) is 11.5. The van der Waals surface area contributed by atoms with Crippen molar-refractivity contribution in [2.45, 2.75) is 26.5 Å². The summed E-state index contributed by atoms with van der Waals surface area (Å²) in [7, 11) is 1.54. The molecule has 0 fully saturated rings. The number of amides is 1. The Bertz CT molecular complexity index is 576. The molecule has 3 N–H and O–H groups in total. The van der Waals surface area contributed by atoms with Crippen LogP contribution in [-0.2, 0) is 11.3 Å². The molecule has 0 radical (unpaired) electrons. The van der Waals surface area contributed by atoms with Crippen LogP contribution in [0.25, 0.3) is 0 Å². The van der Waals surface area contributed by atoms with E-state index in [-0.39, 0.29) is 48.7 Å². The molecule has 0 aromatic heterocycles. The molecule has 10 heteroatoms. The number of benzene rings is 1. The highest BCUT2D eigenvalue weighted by Gasteiger charge is 2.11. The molecule has 0 aliphatic rings. The minimum atomic E-state index is -2.93. The summed E-state index contributed by atoms with van der Waals surface area (Å²) in [6.45, 7) is -0.166. The number of aliphatic imine (C=N–C) groups is 1. The first-order valence-electron chi connectivity index (χ1n) is 7.40. The van der Waals surface area contributed by atoms with Crippen LogP contribution in [0.3, 0.4) is 0 Å². The molecule has 1 rings (SSSR count). The van der Waals surface area contributed by atoms with Gasteiger partial charge in [0.05, 0.1) is 6.54 Å². The SMILES string of the molecule is CCCNC(=O)CNC(=NC)NCc1cc(Cl)ccc1OC(F)F.I. The summed E-state index contributed by atoms with van der Waals surface area (Å²) < 4.78 is 29.3. The average molecular weight is 491 g/mol. The number of rotatable bonds is 8. The zero-order valence-corrected chi connectivity index (χ0v) is 17.0. The quantitative estimate of drug-likeness (QED) is 0.298. The molecule has 0 unspecified atom stereocenters. The number of halogens is 4. The Balaban J connectivity index is 0.00000576. The first kappa shape index (κ1) is 23.6. The first-order valence-corrected chi connectivity index (χ1v) is 7.78. The molecule has 0 spiro atoms. The number of carbonyl (C=O) groups excluding carboxylic acids is 1. The monoisotopic (exact) mass is 490 g/mol. The lowest BCUT2D eigenvalue weighted by molar-refractivity contribution is -0.120. The number of ether oxygens (including phenoxy) is 1. The second-order valence-electron chi connectivity index (χ2n) is 4.76. The number of carbonyl (C=O) groups is 1. The van der Waals surface area contributed by atoms with E-state index in [9.17, 15) is 13.6 Å². The van der Waals surface area contributed by atoms with E-state index in [1.165, 1.54) is 25.2 Å². The van der Waals surface area contributed by atoms with Gasteiger partial charge in [-0.1, -0.05) is 18.5 Å². The summed E-state index contributed by atoms with van der Waals surface area (Å²) in [4.78, 5) is 15.5. The standard InChI is InChI=1S/C15H21ClF2N4O2.HI/c1-3-6-20-13(23)9-22-15(19-2)21-8-10-7-11(16)4-5-12(10)24-14(17)18;/h4-5,7,14H,3,6,8-9H2,1-2H3,(H,20,23)(H2,19,21,22);1H. The van der Waals surface area contributed by atoms with Gasteiger partial charge in [-0.25, -0.2) is 0 Å². The predicted molar refractivity (Wildman–Crippen MR) is 105 cm³/mol. The van der Waals surface area contributed by atoms with Crippen LogP contribution in [0.15, 0.2) is 23.2 Å². The van der Waals surface area contributed by atoms with Gasteiger partial charge >= 0.3 is 6.61 Å². The van der Waals surface area contributed by atoms with E-state index >= 15 is 0 Å². The van der Waals surface area contributed by atoms with Gasteiger partial charge in [0.15, 0.2) is 5.96 Å². The van der Waals surface area contributed by atoms with Crippen molar-refractivity contribution < 1.29 is 18.3 Å². The largest absolute Gasteiger partial charge is 0.434 e. The maximum absolute atomic E-state index is 12.4. The molecule has 6 nitrogen and oxygen atoms in total. The number of nitrogens with one attached hydrogen (secondary N) is 3. The lowest BCUT2D eigenvalue weighted by Gasteiger charge is -2.14. The van der Waals surface area contributed by atoms with Gasteiger partial charge in [0.25, 0.3) is 0 Å². The average Bonchev–Trinajstić information content (AvgIpc) is 2.54. The highest BCUT2D eigenvalue weighted by atomic mass is 127. The maximum atomic E-state index is 12.4. The number of hydrogen-bond donors (Lipinski definition) is 3.